The number of likely N-dealkylation sites (tertiary alicyclic amines) is 1. The molecule has 23 heavy (non-hydrogen) atoms. The Hall–Kier alpha value is -1.76. The van der Waals surface area contributed by atoms with E-state index in [4.69, 9.17) is 0 Å². The predicted octanol–water partition coefficient (Wildman–Crippen LogP) is 1.87. The number of carbonyl (C=O) groups is 3. The van der Waals surface area contributed by atoms with E-state index in [1.165, 1.54) is 26.0 Å². The van der Waals surface area contributed by atoms with Crippen molar-refractivity contribution in [1.29, 1.82) is 0 Å². The number of rotatable bonds is 5. The van der Waals surface area contributed by atoms with Crippen LogP contribution in [0.1, 0.15) is 58.5 Å². The average molecular weight is 335 g/mol. The molecule has 1 atom stereocenters. The monoisotopic (exact) mass is 335 g/mol. The van der Waals surface area contributed by atoms with Gasteiger partial charge in [0.05, 0.1) is 6.20 Å². The van der Waals surface area contributed by atoms with Crippen molar-refractivity contribution < 1.29 is 14.4 Å². The van der Waals surface area contributed by atoms with Crippen LogP contribution in [0.4, 0.5) is 0 Å². The maximum absolute atomic E-state index is 12.1. The summed E-state index contributed by atoms with van der Waals surface area (Å²) in [5.74, 6) is 0.0319. The Labute approximate surface area is 139 Å². The Morgan fingerprint density at radius 1 is 1.39 bits per heavy atom. The van der Waals surface area contributed by atoms with Crippen LogP contribution >= 0.6 is 11.3 Å². The second-order valence-electron chi connectivity index (χ2n) is 6.35. The molecule has 1 N–H and O–H groups in total. The number of thiazole rings is 1. The summed E-state index contributed by atoms with van der Waals surface area (Å²) in [4.78, 5) is 41.8. The van der Waals surface area contributed by atoms with Gasteiger partial charge < -0.3 is 10.2 Å². The normalized spacial score (nSPS) is 21.9. The summed E-state index contributed by atoms with van der Waals surface area (Å²) >= 11 is 1.10. The molecular formula is C16H21N3O3S. The summed E-state index contributed by atoms with van der Waals surface area (Å²) in [5.41, 5.74) is 0. The zero-order valence-corrected chi connectivity index (χ0v) is 14.0. The molecule has 0 aromatic carbocycles. The molecule has 1 aliphatic carbocycles. The van der Waals surface area contributed by atoms with Crippen LogP contribution in [0.3, 0.4) is 0 Å². The third-order valence-electron chi connectivity index (χ3n) is 4.59. The molecule has 1 saturated carbocycles. The summed E-state index contributed by atoms with van der Waals surface area (Å²) in [6, 6.07) is 0.405. The van der Waals surface area contributed by atoms with Gasteiger partial charge in [0.1, 0.15) is 4.88 Å². The zero-order valence-electron chi connectivity index (χ0n) is 13.2. The van der Waals surface area contributed by atoms with Crippen LogP contribution in [-0.4, -0.2) is 46.6 Å². The van der Waals surface area contributed by atoms with Crippen LogP contribution in [0, 0.1) is 5.92 Å². The number of hydrogen-bond acceptors (Lipinski definition) is 5. The SMILES string of the molecule is CC(=O)c1ncc(C(=O)NC[C@H]2CC(=O)N(C3CCCC3)C2)s1. The number of ketones is 1. The molecule has 7 heteroatoms. The van der Waals surface area contributed by atoms with Crippen LogP contribution in [0.15, 0.2) is 6.20 Å². The van der Waals surface area contributed by atoms with E-state index in [-0.39, 0.29) is 23.5 Å². The molecule has 1 aromatic rings. The largest absolute Gasteiger partial charge is 0.351 e. The Morgan fingerprint density at radius 2 is 2.13 bits per heavy atom. The molecule has 1 aliphatic heterocycles. The van der Waals surface area contributed by atoms with Crippen molar-refractivity contribution in [3.05, 3.63) is 16.1 Å². The van der Waals surface area contributed by atoms with Gasteiger partial charge in [-0.2, -0.15) is 0 Å². The van der Waals surface area contributed by atoms with E-state index in [1.54, 1.807) is 0 Å². The first-order valence-electron chi connectivity index (χ1n) is 8.09. The van der Waals surface area contributed by atoms with Crippen molar-refractivity contribution in [3.8, 4) is 0 Å². The van der Waals surface area contributed by atoms with Crippen molar-refractivity contribution >= 4 is 28.9 Å². The van der Waals surface area contributed by atoms with Crippen molar-refractivity contribution in [2.45, 2.75) is 45.1 Å². The second-order valence-corrected chi connectivity index (χ2v) is 7.38. The van der Waals surface area contributed by atoms with Gasteiger partial charge in [-0.15, -0.1) is 11.3 Å². The van der Waals surface area contributed by atoms with E-state index in [1.807, 2.05) is 4.90 Å². The lowest BCUT2D eigenvalue weighted by Gasteiger charge is -2.24. The third kappa shape index (κ3) is 3.60. The summed E-state index contributed by atoms with van der Waals surface area (Å²) in [5, 5.41) is 3.21. The van der Waals surface area contributed by atoms with Crippen LogP contribution in [0.2, 0.25) is 0 Å². The molecule has 1 aromatic heterocycles. The van der Waals surface area contributed by atoms with Crippen LogP contribution in [0.5, 0.6) is 0 Å². The smallest absolute Gasteiger partial charge is 0.263 e. The maximum Gasteiger partial charge on any atom is 0.263 e. The molecule has 0 spiro atoms. The second kappa shape index (κ2) is 6.78. The fraction of sp³-hybridized carbons (Fsp3) is 0.625. The first kappa shape index (κ1) is 16.1. The van der Waals surface area contributed by atoms with Gasteiger partial charge in [0.15, 0.2) is 10.8 Å². The van der Waals surface area contributed by atoms with Gasteiger partial charge in [-0.1, -0.05) is 12.8 Å². The average Bonchev–Trinajstić information content (AvgIpc) is 3.24. The van der Waals surface area contributed by atoms with Crippen LogP contribution in [0.25, 0.3) is 0 Å². The van der Waals surface area contributed by atoms with Gasteiger partial charge in [-0.05, 0) is 12.8 Å². The highest BCUT2D eigenvalue weighted by atomic mass is 32.1. The van der Waals surface area contributed by atoms with E-state index in [2.05, 4.69) is 10.3 Å². The molecule has 6 nitrogen and oxygen atoms in total. The number of amides is 2. The highest BCUT2D eigenvalue weighted by molar-refractivity contribution is 7.15. The minimum absolute atomic E-state index is 0.136. The van der Waals surface area contributed by atoms with E-state index < -0.39 is 0 Å². The molecule has 2 fully saturated rings. The topological polar surface area (TPSA) is 79.4 Å². The van der Waals surface area contributed by atoms with Crippen molar-refractivity contribution in [2.75, 3.05) is 13.1 Å². The van der Waals surface area contributed by atoms with E-state index in [0.717, 1.165) is 30.7 Å². The molecule has 1 saturated heterocycles. The first-order chi connectivity index (χ1) is 11.0. The molecular weight excluding hydrogens is 314 g/mol. The molecule has 2 heterocycles. The molecule has 124 valence electrons. The van der Waals surface area contributed by atoms with Crippen LogP contribution < -0.4 is 5.32 Å². The van der Waals surface area contributed by atoms with Crippen molar-refractivity contribution in [1.82, 2.24) is 15.2 Å². The number of aromatic nitrogens is 1. The quantitative estimate of drug-likeness (QED) is 0.833. The molecule has 2 aliphatic rings. The minimum Gasteiger partial charge on any atom is -0.351 e. The molecule has 0 bridgehead atoms. The summed E-state index contributed by atoms with van der Waals surface area (Å²) in [6.07, 6.45) is 6.58. The Bertz CT molecular complexity index is 622. The first-order valence-corrected chi connectivity index (χ1v) is 8.90. The van der Waals surface area contributed by atoms with E-state index in [0.29, 0.717) is 28.9 Å². The van der Waals surface area contributed by atoms with Gasteiger partial charge >= 0.3 is 0 Å². The lowest BCUT2D eigenvalue weighted by Crippen LogP contribution is -2.35. The predicted molar refractivity (Wildman–Crippen MR) is 86.5 cm³/mol. The minimum atomic E-state index is -0.221. The van der Waals surface area contributed by atoms with Crippen molar-refractivity contribution in [2.24, 2.45) is 5.92 Å². The summed E-state index contributed by atoms with van der Waals surface area (Å²) in [7, 11) is 0. The zero-order chi connectivity index (χ0) is 16.4. The number of Topliss-reactive ketones (excluding diaryl/α,β-unsaturated/α-hetero) is 1. The van der Waals surface area contributed by atoms with E-state index >= 15 is 0 Å². The number of nitrogens with one attached hydrogen (secondary N) is 1. The van der Waals surface area contributed by atoms with Gasteiger partial charge in [0, 0.05) is 38.4 Å². The molecule has 3 rings (SSSR count). The third-order valence-corrected chi connectivity index (χ3v) is 5.68. The maximum atomic E-state index is 12.1. The molecule has 0 unspecified atom stereocenters. The van der Waals surface area contributed by atoms with E-state index in [9.17, 15) is 14.4 Å². The standard InChI is InChI=1S/C16H21N3O3S/c1-10(20)16-18-8-13(23-16)15(22)17-7-11-6-14(21)19(9-11)12-4-2-3-5-12/h8,11-12H,2-7,9H2,1H3,(H,17,22)/t11-/m1/s1. The highest BCUT2D eigenvalue weighted by Gasteiger charge is 2.35. The Morgan fingerprint density at radius 3 is 2.78 bits per heavy atom. The lowest BCUT2D eigenvalue weighted by molar-refractivity contribution is -0.129. The van der Waals surface area contributed by atoms with Crippen molar-refractivity contribution in [3.63, 3.8) is 0 Å². The van der Waals surface area contributed by atoms with Crippen LogP contribution in [-0.2, 0) is 4.79 Å². The lowest BCUT2D eigenvalue weighted by atomic mass is 10.1. The molecule has 0 radical (unpaired) electrons. The summed E-state index contributed by atoms with van der Waals surface area (Å²) < 4.78 is 0. The van der Waals surface area contributed by atoms with Gasteiger partial charge in [0.2, 0.25) is 5.91 Å². The van der Waals surface area contributed by atoms with Gasteiger partial charge in [-0.25, -0.2) is 4.98 Å². The fourth-order valence-corrected chi connectivity index (χ4v) is 4.11. The Balaban J connectivity index is 1.51. The molecule has 2 amide bonds. The highest BCUT2D eigenvalue weighted by Crippen LogP contribution is 2.29. The number of nitrogens with zero attached hydrogens (tertiary/aromatic N) is 2. The summed E-state index contributed by atoms with van der Waals surface area (Å²) in [6.45, 7) is 2.66. The van der Waals surface area contributed by atoms with Gasteiger partial charge in [-0.3, -0.25) is 14.4 Å². The number of hydrogen-bond donors (Lipinski definition) is 1. The van der Waals surface area contributed by atoms with Gasteiger partial charge in [0.25, 0.3) is 5.91 Å². The Kier molecular flexibility index (Phi) is 4.75. The number of carbonyl (C=O) groups excluding carboxylic acids is 3. The fourth-order valence-electron chi connectivity index (χ4n) is 3.38.